The molecule has 2 N–H and O–H groups in total. The number of nitrogens with zero attached hydrogens (tertiary/aromatic N) is 1. The highest BCUT2D eigenvalue weighted by Gasteiger charge is 2.16. The Bertz CT molecular complexity index is 843. The molecule has 0 atom stereocenters. The van der Waals surface area contributed by atoms with Crippen molar-refractivity contribution in [1.29, 1.82) is 0 Å². The largest absolute Gasteiger partial charge is 0.467 e. The summed E-state index contributed by atoms with van der Waals surface area (Å²) in [5.74, 6) is -0.273. The van der Waals surface area contributed by atoms with Crippen molar-refractivity contribution < 1.29 is 22.6 Å². The Morgan fingerprint density at radius 2 is 1.89 bits per heavy atom. The molecule has 1 aliphatic rings. The molecule has 0 amide bonds. The summed E-state index contributed by atoms with van der Waals surface area (Å²) in [4.78, 5) is 4.04. The Labute approximate surface area is 155 Å². The van der Waals surface area contributed by atoms with E-state index in [1.165, 1.54) is 12.1 Å². The van der Waals surface area contributed by atoms with E-state index in [0.717, 1.165) is 23.8 Å². The number of ether oxygens (including phenoxy) is 2. The van der Waals surface area contributed by atoms with Crippen LogP contribution in [-0.4, -0.2) is 26.3 Å². The summed E-state index contributed by atoms with van der Waals surface area (Å²) in [5.41, 5.74) is 1.61. The lowest BCUT2D eigenvalue weighted by molar-refractivity contribution is -0.0172. The van der Waals surface area contributed by atoms with Gasteiger partial charge in [0.25, 0.3) is 0 Å². The second kappa shape index (κ2) is 8.77. The van der Waals surface area contributed by atoms with Gasteiger partial charge in [0.15, 0.2) is 12.8 Å². The zero-order valence-corrected chi connectivity index (χ0v) is 14.8. The van der Waals surface area contributed by atoms with Gasteiger partial charge in [-0.1, -0.05) is 0 Å². The van der Waals surface area contributed by atoms with Gasteiger partial charge in [-0.2, -0.15) is 0 Å². The van der Waals surface area contributed by atoms with Crippen LogP contribution in [0.4, 0.5) is 13.2 Å². The fourth-order valence-corrected chi connectivity index (χ4v) is 2.84. The van der Waals surface area contributed by atoms with E-state index in [1.54, 1.807) is 7.05 Å². The molecule has 0 bridgehead atoms. The average Bonchev–Trinajstić information content (AvgIpc) is 2.66. The van der Waals surface area contributed by atoms with Gasteiger partial charge in [-0.15, -0.1) is 0 Å². The quantitative estimate of drug-likeness (QED) is 0.620. The Morgan fingerprint density at radius 3 is 2.70 bits per heavy atom. The number of halogens is 3. The van der Waals surface area contributed by atoms with Gasteiger partial charge in [0.05, 0.1) is 6.61 Å². The number of hydrogen-bond donors (Lipinski definition) is 2. The SMILES string of the molecule is CN=C(NCCc1cc(F)cc2c1OCOC2)NCc1cc(F)ccc1F. The van der Waals surface area contributed by atoms with Crippen molar-refractivity contribution in [1.82, 2.24) is 10.6 Å². The Morgan fingerprint density at radius 1 is 1.07 bits per heavy atom. The van der Waals surface area contributed by atoms with Gasteiger partial charge in [-0.25, -0.2) is 13.2 Å². The molecule has 2 aromatic rings. The second-order valence-electron chi connectivity index (χ2n) is 6.00. The molecule has 0 spiro atoms. The number of guanidine groups is 1. The lowest BCUT2D eigenvalue weighted by Gasteiger charge is -2.21. The molecule has 0 aliphatic carbocycles. The molecule has 8 heteroatoms. The van der Waals surface area contributed by atoms with Crippen LogP contribution in [0.2, 0.25) is 0 Å². The third-order valence-corrected chi connectivity index (χ3v) is 4.12. The van der Waals surface area contributed by atoms with Gasteiger partial charge < -0.3 is 20.1 Å². The van der Waals surface area contributed by atoms with Crippen LogP contribution in [0.3, 0.4) is 0 Å². The topological polar surface area (TPSA) is 54.9 Å². The summed E-state index contributed by atoms with van der Waals surface area (Å²) in [6.07, 6.45) is 0.495. The molecule has 0 aromatic heterocycles. The molecular weight excluding hydrogens is 359 g/mol. The summed E-state index contributed by atoms with van der Waals surface area (Å²) in [5, 5.41) is 5.98. The highest BCUT2D eigenvalue weighted by atomic mass is 19.1. The average molecular weight is 379 g/mol. The maximum absolute atomic E-state index is 13.8. The van der Waals surface area contributed by atoms with Crippen molar-refractivity contribution in [3.05, 3.63) is 64.5 Å². The number of nitrogens with one attached hydrogen (secondary N) is 2. The predicted molar refractivity (Wildman–Crippen MR) is 94.9 cm³/mol. The maximum Gasteiger partial charge on any atom is 0.191 e. The predicted octanol–water partition coefficient (Wildman–Crippen LogP) is 2.88. The number of fused-ring (bicyclic) bond motifs is 1. The smallest absolute Gasteiger partial charge is 0.191 e. The van der Waals surface area contributed by atoms with Crippen molar-refractivity contribution in [2.24, 2.45) is 4.99 Å². The van der Waals surface area contributed by atoms with Crippen LogP contribution in [0.25, 0.3) is 0 Å². The second-order valence-corrected chi connectivity index (χ2v) is 6.00. The Balaban J connectivity index is 1.56. The molecule has 0 saturated carbocycles. The monoisotopic (exact) mass is 379 g/mol. The molecule has 3 rings (SSSR count). The minimum Gasteiger partial charge on any atom is -0.467 e. The van der Waals surface area contributed by atoms with Gasteiger partial charge >= 0.3 is 0 Å². The van der Waals surface area contributed by atoms with Crippen LogP contribution < -0.4 is 15.4 Å². The first-order chi connectivity index (χ1) is 13.1. The van der Waals surface area contributed by atoms with E-state index in [1.807, 2.05) is 0 Å². The van der Waals surface area contributed by atoms with E-state index in [0.29, 0.717) is 36.8 Å². The van der Waals surface area contributed by atoms with E-state index in [2.05, 4.69) is 15.6 Å². The third kappa shape index (κ3) is 4.91. The van der Waals surface area contributed by atoms with E-state index >= 15 is 0 Å². The first-order valence-corrected chi connectivity index (χ1v) is 8.47. The number of rotatable bonds is 5. The number of benzene rings is 2. The molecule has 2 aromatic carbocycles. The summed E-state index contributed by atoms with van der Waals surface area (Å²) in [7, 11) is 1.57. The van der Waals surface area contributed by atoms with Gasteiger partial charge in [0.1, 0.15) is 23.2 Å². The number of hydrogen-bond acceptors (Lipinski definition) is 3. The normalized spacial score (nSPS) is 13.7. The van der Waals surface area contributed by atoms with Crippen molar-refractivity contribution in [3.63, 3.8) is 0 Å². The van der Waals surface area contributed by atoms with Crippen molar-refractivity contribution in [2.45, 2.75) is 19.6 Å². The first kappa shape index (κ1) is 19.0. The standard InChI is InChI=1S/C19H20F3N3O2/c1-23-19(25-9-13-7-15(20)2-3-17(13)22)24-5-4-12-6-16(21)8-14-10-26-11-27-18(12)14/h2-3,6-8H,4-5,9-11H2,1H3,(H2,23,24,25). The lowest BCUT2D eigenvalue weighted by Crippen LogP contribution is -2.38. The van der Waals surface area contributed by atoms with Crippen molar-refractivity contribution in [2.75, 3.05) is 20.4 Å². The van der Waals surface area contributed by atoms with Crippen LogP contribution in [0.1, 0.15) is 16.7 Å². The molecule has 27 heavy (non-hydrogen) atoms. The fourth-order valence-electron chi connectivity index (χ4n) is 2.84. The van der Waals surface area contributed by atoms with E-state index in [4.69, 9.17) is 9.47 Å². The van der Waals surface area contributed by atoms with Gasteiger partial charge in [0.2, 0.25) is 0 Å². The molecular formula is C19H20F3N3O2. The molecule has 0 saturated heterocycles. The van der Waals surface area contributed by atoms with Crippen molar-refractivity contribution in [3.8, 4) is 5.75 Å². The van der Waals surface area contributed by atoms with Gasteiger partial charge in [-0.3, -0.25) is 4.99 Å². The van der Waals surface area contributed by atoms with Crippen LogP contribution in [0.5, 0.6) is 5.75 Å². The third-order valence-electron chi connectivity index (χ3n) is 4.12. The summed E-state index contributed by atoms with van der Waals surface area (Å²) < 4.78 is 51.3. The number of aliphatic imine (C=N–C) groups is 1. The van der Waals surface area contributed by atoms with Crippen LogP contribution in [0, 0.1) is 17.5 Å². The molecule has 0 unspecified atom stereocenters. The minimum absolute atomic E-state index is 0.0824. The molecule has 0 fully saturated rings. The van der Waals surface area contributed by atoms with Gasteiger partial charge in [0, 0.05) is 31.3 Å². The van der Waals surface area contributed by atoms with Crippen molar-refractivity contribution >= 4 is 5.96 Å². The molecule has 1 aliphatic heterocycles. The molecule has 5 nitrogen and oxygen atoms in total. The van der Waals surface area contributed by atoms with E-state index < -0.39 is 11.6 Å². The zero-order valence-electron chi connectivity index (χ0n) is 14.8. The molecule has 1 heterocycles. The summed E-state index contributed by atoms with van der Waals surface area (Å²) in [6.45, 7) is 0.988. The van der Waals surface area contributed by atoms with Crippen LogP contribution in [-0.2, 0) is 24.3 Å². The van der Waals surface area contributed by atoms with Crippen LogP contribution in [0.15, 0.2) is 35.3 Å². The van der Waals surface area contributed by atoms with E-state index in [-0.39, 0.29) is 24.7 Å². The fraction of sp³-hybridized carbons (Fsp3) is 0.316. The Kier molecular flexibility index (Phi) is 6.18. The summed E-state index contributed by atoms with van der Waals surface area (Å²) >= 11 is 0. The molecule has 144 valence electrons. The van der Waals surface area contributed by atoms with Gasteiger partial charge in [-0.05, 0) is 42.3 Å². The highest BCUT2D eigenvalue weighted by molar-refractivity contribution is 5.79. The Hall–Kier alpha value is -2.74. The van der Waals surface area contributed by atoms with Crippen LogP contribution >= 0.6 is 0 Å². The highest BCUT2D eigenvalue weighted by Crippen LogP contribution is 2.29. The van der Waals surface area contributed by atoms with E-state index in [9.17, 15) is 13.2 Å². The first-order valence-electron chi connectivity index (χ1n) is 8.47. The molecule has 0 radical (unpaired) electrons. The minimum atomic E-state index is -0.504. The zero-order chi connectivity index (χ0) is 19.2. The lowest BCUT2D eigenvalue weighted by atomic mass is 10.1. The summed E-state index contributed by atoms with van der Waals surface area (Å²) in [6, 6.07) is 6.12. The maximum atomic E-state index is 13.8.